The molecule has 0 bridgehead atoms. The fourth-order valence-electron chi connectivity index (χ4n) is 7.77. The van der Waals surface area contributed by atoms with Gasteiger partial charge in [0.25, 0.3) is 0 Å². The van der Waals surface area contributed by atoms with Gasteiger partial charge in [-0.05, 0) is 113 Å². The van der Waals surface area contributed by atoms with E-state index >= 15 is 4.39 Å². The maximum absolute atomic E-state index is 15.4. The van der Waals surface area contributed by atoms with Gasteiger partial charge in [-0.25, -0.2) is 14.4 Å². The number of hydrogen-bond acceptors (Lipinski definition) is 11. The fourth-order valence-corrected chi connectivity index (χ4v) is 8.97. The second-order valence-corrected chi connectivity index (χ2v) is 19.1. The molecule has 2 atom stereocenters. The minimum absolute atomic E-state index is 0.161. The molecule has 2 aromatic carbocycles. The third-order valence-corrected chi connectivity index (χ3v) is 12.8. The highest BCUT2D eigenvalue weighted by Gasteiger charge is 2.42. The first-order valence-corrected chi connectivity index (χ1v) is 23.1. The Balaban J connectivity index is 0.969. The topological polar surface area (TPSA) is 170 Å². The number of aromatic nitrogens is 4. The number of aromatic amines is 1. The summed E-state index contributed by atoms with van der Waals surface area (Å²) >= 11 is 7.14. The number of aldehydes is 1. The minimum Gasteiger partial charge on any atom is -0.494 e. The first-order valence-electron chi connectivity index (χ1n) is 21.8. The lowest BCUT2D eigenvalue weighted by Gasteiger charge is -2.39. The number of nitrogens with zero attached hydrogens (tertiary/aromatic N) is 7. The number of thiocarbonyl (C=S) groups is 1. The molecule has 360 valence electrons. The van der Waals surface area contributed by atoms with Gasteiger partial charge in [0.05, 0.1) is 69.2 Å². The number of nitrogens with one attached hydrogen (secondary N) is 2. The van der Waals surface area contributed by atoms with Gasteiger partial charge in [0.1, 0.15) is 41.8 Å². The van der Waals surface area contributed by atoms with Crippen LogP contribution in [0.5, 0.6) is 5.75 Å². The van der Waals surface area contributed by atoms with Crippen LogP contribution in [-0.2, 0) is 25.3 Å². The zero-order valence-electron chi connectivity index (χ0n) is 38.7. The Kier molecular flexibility index (Phi) is 16.0. The van der Waals surface area contributed by atoms with Gasteiger partial charge in [-0.2, -0.15) is 18.4 Å². The van der Waals surface area contributed by atoms with E-state index in [1.54, 1.807) is 29.8 Å². The third-order valence-electron chi connectivity index (χ3n) is 11.4. The van der Waals surface area contributed by atoms with Crippen molar-refractivity contribution in [1.82, 2.24) is 30.2 Å². The van der Waals surface area contributed by atoms with Crippen molar-refractivity contribution in [3.05, 3.63) is 94.9 Å². The number of imidazole rings is 1. The predicted octanol–water partition coefficient (Wildman–Crippen LogP) is 9.21. The van der Waals surface area contributed by atoms with E-state index in [1.165, 1.54) is 49.4 Å². The number of carbonyl (C=O) groups is 3. The van der Waals surface area contributed by atoms with Crippen LogP contribution in [0.25, 0.3) is 21.8 Å². The van der Waals surface area contributed by atoms with E-state index in [9.17, 15) is 32.8 Å². The molecular weight excluding hydrogens is 923 g/mol. The molecular formula is C48H53F4N9O5S2. The van der Waals surface area contributed by atoms with Crippen molar-refractivity contribution in [2.24, 2.45) is 5.41 Å². The van der Waals surface area contributed by atoms with Crippen LogP contribution in [0.15, 0.2) is 66.4 Å². The molecule has 4 heterocycles. The molecule has 2 unspecified atom stereocenters. The van der Waals surface area contributed by atoms with Crippen molar-refractivity contribution in [2.75, 3.05) is 43.2 Å². The molecule has 1 fully saturated rings. The summed E-state index contributed by atoms with van der Waals surface area (Å²) in [7, 11) is 1.27. The Morgan fingerprint density at radius 3 is 2.40 bits per heavy atom. The van der Waals surface area contributed by atoms with Crippen LogP contribution < -0.4 is 19.9 Å². The highest BCUT2D eigenvalue weighted by atomic mass is 32.1. The summed E-state index contributed by atoms with van der Waals surface area (Å²) < 4.78 is 68.2. The smallest absolute Gasteiger partial charge is 0.420 e. The van der Waals surface area contributed by atoms with Crippen molar-refractivity contribution in [3.8, 4) is 33.6 Å². The molecule has 1 aliphatic heterocycles. The zero-order valence-corrected chi connectivity index (χ0v) is 40.4. The molecule has 2 N–H and O–H groups in total. The van der Waals surface area contributed by atoms with Crippen molar-refractivity contribution < 1.29 is 41.4 Å². The molecule has 68 heavy (non-hydrogen) atoms. The number of ether oxygens (including phenoxy) is 2. The molecule has 0 radical (unpaired) electrons. The number of nitriles is 1. The molecule has 14 nitrogen and oxygen atoms in total. The van der Waals surface area contributed by atoms with Gasteiger partial charge in [0, 0.05) is 32.0 Å². The van der Waals surface area contributed by atoms with Gasteiger partial charge >= 0.3 is 6.18 Å². The highest BCUT2D eigenvalue weighted by Crippen LogP contribution is 2.39. The maximum Gasteiger partial charge on any atom is 0.420 e. The minimum atomic E-state index is -5.14. The van der Waals surface area contributed by atoms with Gasteiger partial charge < -0.3 is 39.3 Å². The van der Waals surface area contributed by atoms with Crippen molar-refractivity contribution >= 4 is 58.1 Å². The molecule has 20 heteroatoms. The normalized spacial score (nSPS) is 14.6. The van der Waals surface area contributed by atoms with Crippen LogP contribution in [0.3, 0.4) is 0 Å². The predicted molar refractivity (Wildman–Crippen MR) is 254 cm³/mol. The van der Waals surface area contributed by atoms with Crippen LogP contribution in [0.4, 0.5) is 28.9 Å². The number of anilines is 2. The summed E-state index contributed by atoms with van der Waals surface area (Å²) in [4.78, 5) is 61.4. The van der Waals surface area contributed by atoms with Crippen LogP contribution >= 0.6 is 23.6 Å². The summed E-state index contributed by atoms with van der Waals surface area (Å²) in [6, 6.07) is 12.8. The van der Waals surface area contributed by atoms with E-state index in [0.29, 0.717) is 61.8 Å². The summed E-state index contributed by atoms with van der Waals surface area (Å²) in [5.74, 6) is -0.886. The molecule has 3 aromatic heterocycles. The monoisotopic (exact) mass is 975 g/mol. The Bertz CT molecular complexity index is 2640. The average Bonchev–Trinajstić information content (AvgIpc) is 4.08. The molecule has 0 spiro atoms. The summed E-state index contributed by atoms with van der Waals surface area (Å²) in [6.45, 7) is 11.8. The fraction of sp³-hybridized carbons (Fsp3) is 0.417. The van der Waals surface area contributed by atoms with Crippen molar-refractivity contribution in [2.45, 2.75) is 91.0 Å². The number of halogens is 4. The number of unbranched alkanes of at least 4 members (excludes halogenated alkanes) is 1. The first kappa shape index (κ1) is 51.1. The van der Waals surface area contributed by atoms with Crippen LogP contribution in [0.2, 0.25) is 0 Å². The van der Waals surface area contributed by atoms with Crippen LogP contribution in [0.1, 0.15) is 89.0 Å². The van der Waals surface area contributed by atoms with Crippen molar-refractivity contribution in [3.63, 3.8) is 0 Å². The number of H-pyrrole nitrogens is 1. The molecule has 1 saturated heterocycles. The molecule has 0 saturated carbocycles. The summed E-state index contributed by atoms with van der Waals surface area (Å²) in [5, 5.41) is 11.9. The van der Waals surface area contributed by atoms with E-state index in [4.69, 9.17) is 26.7 Å². The number of thiazole rings is 1. The van der Waals surface area contributed by atoms with E-state index < -0.39 is 45.8 Å². The number of pyridine rings is 1. The van der Waals surface area contributed by atoms with E-state index in [0.717, 1.165) is 51.7 Å². The Morgan fingerprint density at radius 2 is 1.78 bits per heavy atom. The van der Waals surface area contributed by atoms with Crippen LogP contribution in [0, 0.1) is 29.5 Å². The van der Waals surface area contributed by atoms with Crippen molar-refractivity contribution in [1.29, 1.82) is 5.26 Å². The first-order chi connectivity index (χ1) is 32.2. The van der Waals surface area contributed by atoms with Gasteiger partial charge in [-0.3, -0.25) is 14.6 Å². The number of likely N-dealkylation sites (tertiary alicyclic amines) is 1. The lowest BCUT2D eigenvalue weighted by molar-refractivity contribution is -0.141. The number of aryl methyl sites for hydroxylation is 1. The van der Waals surface area contributed by atoms with E-state index in [1.807, 2.05) is 50.9 Å². The van der Waals surface area contributed by atoms with E-state index in [2.05, 4.69) is 20.3 Å². The number of amides is 2. The standard InChI is InChI=1S/C48H53F4N9O5S2/c1-29-41(68-28-56-29)35-25-55-43(57-35)37-11-10-20-60(37)44(64)42(46(2,3)4)58-38(63)26-65-21-8-9-22-66-33-16-12-30(13-17-33)34-18-15-32(24-54-34)61(47(5,6)27-62)45(67)59(7)36-19-14-31(23-53)39(40(36)49)48(50,51)52/h12-19,24-25,27-28,37,42H,8-11,20-22,26H2,1-7H3,(H,55,57)(H,58,63). The van der Waals surface area contributed by atoms with Gasteiger partial charge in [-0.1, -0.05) is 20.8 Å². The highest BCUT2D eigenvalue weighted by molar-refractivity contribution is 7.80. The summed E-state index contributed by atoms with van der Waals surface area (Å²) in [5.41, 5.74) is 0.0658. The molecule has 1 aliphatic rings. The van der Waals surface area contributed by atoms with Crippen LogP contribution in [-0.4, -0.2) is 93.0 Å². The number of alkyl halides is 3. The molecule has 2 amide bonds. The second-order valence-electron chi connectivity index (χ2n) is 17.9. The molecule has 0 aliphatic carbocycles. The maximum atomic E-state index is 15.4. The van der Waals surface area contributed by atoms with Gasteiger partial charge in [0.15, 0.2) is 10.9 Å². The average molecular weight is 976 g/mol. The van der Waals surface area contributed by atoms with Gasteiger partial charge in [0.2, 0.25) is 11.8 Å². The Morgan fingerprint density at radius 1 is 1.06 bits per heavy atom. The Labute approximate surface area is 401 Å². The number of benzene rings is 2. The van der Waals surface area contributed by atoms with Gasteiger partial charge in [-0.15, -0.1) is 11.3 Å². The number of carbonyl (C=O) groups excluding carboxylic acids is 3. The second kappa shape index (κ2) is 21.3. The quantitative estimate of drug-likeness (QED) is 0.0393. The lowest BCUT2D eigenvalue weighted by Crippen LogP contribution is -2.55. The molecule has 5 aromatic rings. The van der Waals surface area contributed by atoms with E-state index in [-0.39, 0.29) is 29.6 Å². The summed E-state index contributed by atoms with van der Waals surface area (Å²) in [6.07, 6.45) is 1.61. The third kappa shape index (κ3) is 11.7. The number of rotatable bonds is 17. The molecule has 6 rings (SSSR count). The number of hydrogen-bond donors (Lipinski definition) is 2. The lowest BCUT2D eigenvalue weighted by atomic mass is 9.85. The largest absolute Gasteiger partial charge is 0.494 e. The Hall–Kier alpha value is -6.30. The zero-order chi connectivity index (χ0) is 49.6. The SMILES string of the molecule is Cc1ncsc1-c1c[nH]c(C2CCCN2C(=O)C(NC(=O)COCCCCOc2ccc(-c3ccc(N(C(=S)N(C)c4ccc(C#N)c(C(F)(F)F)c4F)C(C)(C)C=O)cn3)cc2)C(C)(C)C)n1.